The van der Waals surface area contributed by atoms with Crippen LogP contribution in [0.15, 0.2) is 0 Å². The maximum Gasteiger partial charge on any atom is 0.0682 e. The van der Waals surface area contributed by atoms with Crippen molar-refractivity contribution >= 4 is 0 Å². The molecule has 1 saturated carbocycles. The Hall–Kier alpha value is -0.160. The van der Waals surface area contributed by atoms with Crippen molar-refractivity contribution in [2.24, 2.45) is 5.41 Å². The lowest BCUT2D eigenvalue weighted by molar-refractivity contribution is 0.114. The fraction of sp³-hybridized carbons (Fsp3) is 1.00. The van der Waals surface area contributed by atoms with Crippen molar-refractivity contribution in [1.82, 2.24) is 15.1 Å². The molecule has 2 rings (SSSR count). The quantitative estimate of drug-likeness (QED) is 0.735. The summed E-state index contributed by atoms with van der Waals surface area (Å²) >= 11 is 0. The molecule has 0 aromatic carbocycles. The van der Waals surface area contributed by atoms with Crippen LogP contribution in [0.3, 0.4) is 0 Å². The Labute approximate surface area is 124 Å². The second-order valence-electron chi connectivity index (χ2n) is 7.22. The summed E-state index contributed by atoms with van der Waals surface area (Å²) in [4.78, 5) is 4.81. The Balaban J connectivity index is 1.97. The molecule has 4 nitrogen and oxygen atoms in total. The fourth-order valence-corrected chi connectivity index (χ4v) is 4.10. The molecule has 0 aromatic rings. The molecule has 0 spiro atoms. The molecule has 1 saturated heterocycles. The van der Waals surface area contributed by atoms with Gasteiger partial charge in [-0.1, -0.05) is 19.8 Å². The van der Waals surface area contributed by atoms with Crippen LogP contribution in [0.2, 0.25) is 0 Å². The van der Waals surface area contributed by atoms with Gasteiger partial charge < -0.3 is 15.3 Å². The molecular weight excluding hydrogens is 250 g/mol. The first-order chi connectivity index (χ1) is 9.54. The summed E-state index contributed by atoms with van der Waals surface area (Å²) in [6.07, 6.45) is 6.26. The Morgan fingerprint density at radius 2 is 2.00 bits per heavy atom. The van der Waals surface area contributed by atoms with Gasteiger partial charge in [-0.05, 0) is 45.3 Å². The molecule has 118 valence electrons. The Bertz CT molecular complexity index is 289. The van der Waals surface area contributed by atoms with Crippen molar-refractivity contribution < 1.29 is 5.11 Å². The van der Waals surface area contributed by atoms with Crippen LogP contribution >= 0.6 is 0 Å². The molecule has 20 heavy (non-hydrogen) atoms. The van der Waals surface area contributed by atoms with E-state index in [1.807, 2.05) is 0 Å². The van der Waals surface area contributed by atoms with Gasteiger partial charge in [-0.25, -0.2) is 0 Å². The highest BCUT2D eigenvalue weighted by Crippen LogP contribution is 2.39. The van der Waals surface area contributed by atoms with Crippen LogP contribution in [-0.2, 0) is 0 Å². The SMILES string of the molecule is CCNCC1(CN2CC(O)CC2CN(C)C)CCCC1. The smallest absolute Gasteiger partial charge is 0.0682 e. The molecule has 2 atom stereocenters. The predicted molar refractivity (Wildman–Crippen MR) is 84.0 cm³/mol. The standard InChI is InChI=1S/C16H33N3O/c1-4-17-12-16(7-5-6-8-16)13-19-11-15(20)9-14(19)10-18(2)3/h14-15,17,20H,4-13H2,1-3H3. The summed E-state index contributed by atoms with van der Waals surface area (Å²) < 4.78 is 0. The van der Waals surface area contributed by atoms with Gasteiger partial charge in [0.05, 0.1) is 6.10 Å². The van der Waals surface area contributed by atoms with Gasteiger partial charge in [0.1, 0.15) is 0 Å². The third kappa shape index (κ3) is 4.17. The van der Waals surface area contributed by atoms with E-state index in [-0.39, 0.29) is 6.10 Å². The van der Waals surface area contributed by atoms with Gasteiger partial charge in [0, 0.05) is 32.2 Å². The van der Waals surface area contributed by atoms with E-state index < -0.39 is 0 Å². The second kappa shape index (κ2) is 7.21. The van der Waals surface area contributed by atoms with Gasteiger partial charge >= 0.3 is 0 Å². The Kier molecular flexibility index (Phi) is 5.84. The van der Waals surface area contributed by atoms with Crippen LogP contribution in [0.1, 0.15) is 39.0 Å². The Morgan fingerprint density at radius 3 is 2.60 bits per heavy atom. The number of likely N-dealkylation sites (N-methyl/N-ethyl adjacent to an activating group) is 1. The minimum Gasteiger partial charge on any atom is -0.392 e. The number of nitrogens with zero attached hydrogens (tertiary/aromatic N) is 2. The number of β-amino-alcohol motifs (C(OH)–C–C–N with tert-alkyl or cyclic N) is 1. The molecule has 2 unspecified atom stereocenters. The number of hydrogen-bond donors (Lipinski definition) is 2. The van der Waals surface area contributed by atoms with Crippen LogP contribution in [0, 0.1) is 5.41 Å². The number of hydrogen-bond acceptors (Lipinski definition) is 4. The maximum atomic E-state index is 10.0. The minimum absolute atomic E-state index is 0.127. The van der Waals surface area contributed by atoms with E-state index in [9.17, 15) is 5.11 Å². The number of aliphatic hydroxyl groups is 1. The van der Waals surface area contributed by atoms with Crippen molar-refractivity contribution in [2.45, 2.75) is 51.2 Å². The highest BCUT2D eigenvalue weighted by atomic mass is 16.3. The molecule has 0 aromatic heterocycles. The fourth-order valence-electron chi connectivity index (χ4n) is 4.10. The molecule has 4 heteroatoms. The summed E-state index contributed by atoms with van der Waals surface area (Å²) in [6, 6.07) is 0.527. The van der Waals surface area contributed by atoms with Crippen molar-refractivity contribution in [3.05, 3.63) is 0 Å². The van der Waals surface area contributed by atoms with Crippen LogP contribution in [-0.4, -0.2) is 73.9 Å². The molecule has 2 aliphatic rings. The molecule has 0 bridgehead atoms. The van der Waals surface area contributed by atoms with Crippen LogP contribution in [0.25, 0.3) is 0 Å². The van der Waals surface area contributed by atoms with E-state index in [2.05, 4.69) is 36.1 Å². The van der Waals surface area contributed by atoms with Crippen molar-refractivity contribution in [3.63, 3.8) is 0 Å². The third-order valence-corrected chi connectivity index (χ3v) is 5.03. The van der Waals surface area contributed by atoms with Gasteiger partial charge in [-0.2, -0.15) is 0 Å². The molecule has 1 aliphatic carbocycles. The molecule has 1 heterocycles. The first-order valence-corrected chi connectivity index (χ1v) is 8.32. The lowest BCUT2D eigenvalue weighted by atomic mass is 9.85. The third-order valence-electron chi connectivity index (χ3n) is 5.03. The summed E-state index contributed by atoms with van der Waals surface area (Å²) in [5.74, 6) is 0. The summed E-state index contributed by atoms with van der Waals surface area (Å²) in [6.45, 7) is 7.49. The lowest BCUT2D eigenvalue weighted by Gasteiger charge is -2.37. The van der Waals surface area contributed by atoms with Gasteiger partial charge in [0.25, 0.3) is 0 Å². The maximum absolute atomic E-state index is 10.0. The molecule has 0 amide bonds. The first kappa shape index (κ1) is 16.2. The minimum atomic E-state index is -0.127. The van der Waals surface area contributed by atoms with Gasteiger partial charge in [0.15, 0.2) is 0 Å². The van der Waals surface area contributed by atoms with E-state index >= 15 is 0 Å². The van der Waals surface area contributed by atoms with Crippen molar-refractivity contribution in [3.8, 4) is 0 Å². The van der Waals surface area contributed by atoms with E-state index in [0.29, 0.717) is 11.5 Å². The molecule has 2 fully saturated rings. The predicted octanol–water partition coefficient (Wildman–Crippen LogP) is 1.15. The van der Waals surface area contributed by atoms with Crippen LogP contribution < -0.4 is 5.32 Å². The molecule has 0 radical (unpaired) electrons. The zero-order chi connectivity index (χ0) is 14.6. The number of nitrogens with one attached hydrogen (secondary N) is 1. The van der Waals surface area contributed by atoms with Crippen molar-refractivity contribution in [1.29, 1.82) is 0 Å². The highest BCUT2D eigenvalue weighted by Gasteiger charge is 2.40. The number of rotatable bonds is 7. The summed E-state index contributed by atoms with van der Waals surface area (Å²) in [5.41, 5.74) is 0.449. The number of likely N-dealkylation sites (tertiary alicyclic amines) is 1. The topological polar surface area (TPSA) is 38.7 Å². The second-order valence-corrected chi connectivity index (χ2v) is 7.22. The number of aliphatic hydroxyl groups excluding tert-OH is 1. The van der Waals surface area contributed by atoms with E-state index in [1.54, 1.807) is 0 Å². The highest BCUT2D eigenvalue weighted by molar-refractivity contribution is 4.95. The zero-order valence-corrected chi connectivity index (χ0v) is 13.6. The summed E-state index contributed by atoms with van der Waals surface area (Å²) in [7, 11) is 4.26. The van der Waals surface area contributed by atoms with Gasteiger partial charge in [0.2, 0.25) is 0 Å². The average Bonchev–Trinajstić information content (AvgIpc) is 2.95. The van der Waals surface area contributed by atoms with Gasteiger partial charge in [-0.3, -0.25) is 4.90 Å². The van der Waals surface area contributed by atoms with Gasteiger partial charge in [-0.15, -0.1) is 0 Å². The molecular formula is C16H33N3O. The van der Waals surface area contributed by atoms with E-state index in [1.165, 1.54) is 25.7 Å². The van der Waals surface area contributed by atoms with Crippen molar-refractivity contribution in [2.75, 3.05) is 46.8 Å². The average molecular weight is 283 g/mol. The Morgan fingerprint density at radius 1 is 1.30 bits per heavy atom. The largest absolute Gasteiger partial charge is 0.392 e. The normalized spacial score (nSPS) is 30.4. The van der Waals surface area contributed by atoms with E-state index in [4.69, 9.17) is 0 Å². The molecule has 1 aliphatic heterocycles. The molecule has 2 N–H and O–H groups in total. The van der Waals surface area contributed by atoms with Crippen LogP contribution in [0.4, 0.5) is 0 Å². The lowest BCUT2D eigenvalue weighted by Crippen LogP contribution is -2.46. The van der Waals surface area contributed by atoms with E-state index in [0.717, 1.165) is 39.1 Å². The summed E-state index contributed by atoms with van der Waals surface area (Å²) in [5, 5.41) is 13.6. The zero-order valence-electron chi connectivity index (χ0n) is 13.6. The first-order valence-electron chi connectivity index (χ1n) is 8.32. The van der Waals surface area contributed by atoms with Crippen LogP contribution in [0.5, 0.6) is 0 Å². The monoisotopic (exact) mass is 283 g/mol.